The van der Waals surface area contributed by atoms with Gasteiger partial charge in [-0.05, 0) is 30.1 Å². The number of hydrogen-bond donors (Lipinski definition) is 1. The molecule has 1 heterocycles. The summed E-state index contributed by atoms with van der Waals surface area (Å²) in [6.07, 6.45) is 3.28. The van der Waals surface area contributed by atoms with Crippen molar-refractivity contribution in [3.63, 3.8) is 0 Å². The summed E-state index contributed by atoms with van der Waals surface area (Å²) in [5, 5.41) is 3.54. The topological polar surface area (TPSA) is 29.9 Å². The normalized spacial score (nSPS) is 21.0. The van der Waals surface area contributed by atoms with E-state index < -0.39 is 0 Å². The zero-order valence-corrected chi connectivity index (χ0v) is 12.7. The van der Waals surface area contributed by atoms with Gasteiger partial charge >= 0.3 is 0 Å². The molecule has 0 radical (unpaired) electrons. The smallest absolute Gasteiger partial charge is 0.203 e. The van der Waals surface area contributed by atoms with E-state index >= 15 is 0 Å². The van der Waals surface area contributed by atoms with E-state index in [2.05, 4.69) is 62.6 Å². The maximum Gasteiger partial charge on any atom is 0.203 e. The summed E-state index contributed by atoms with van der Waals surface area (Å²) in [4.78, 5) is 4.58. The van der Waals surface area contributed by atoms with Crippen LogP contribution in [0.15, 0.2) is 6.20 Å². The number of hydrogen-bond acceptors (Lipinski definition) is 2. The molecule has 1 saturated carbocycles. The van der Waals surface area contributed by atoms with Gasteiger partial charge < -0.3 is 9.88 Å². The molecule has 0 aromatic carbocycles. The lowest BCUT2D eigenvalue weighted by Crippen LogP contribution is -2.12. The molecule has 0 bridgehead atoms. The molecule has 0 unspecified atom stereocenters. The molecule has 18 heavy (non-hydrogen) atoms. The van der Waals surface area contributed by atoms with Crippen LogP contribution in [0.5, 0.6) is 0 Å². The van der Waals surface area contributed by atoms with E-state index in [9.17, 15) is 0 Å². The van der Waals surface area contributed by atoms with Crippen molar-refractivity contribution in [3.8, 4) is 0 Å². The fourth-order valence-corrected chi connectivity index (χ4v) is 3.14. The third-order valence-corrected chi connectivity index (χ3v) is 5.15. The maximum atomic E-state index is 4.58. The fraction of sp³-hybridized carbons (Fsp3) is 0.800. The molecule has 102 valence electrons. The van der Waals surface area contributed by atoms with Gasteiger partial charge in [0.1, 0.15) is 0 Å². The lowest BCUT2D eigenvalue weighted by atomic mass is 10.0. The molecule has 3 heteroatoms. The van der Waals surface area contributed by atoms with Gasteiger partial charge in [-0.1, -0.05) is 34.6 Å². The van der Waals surface area contributed by atoms with Gasteiger partial charge in [0.2, 0.25) is 5.95 Å². The number of imidazole rings is 1. The molecule has 0 spiro atoms. The Morgan fingerprint density at radius 3 is 2.39 bits per heavy atom. The van der Waals surface area contributed by atoms with E-state index in [0.717, 1.165) is 37.1 Å². The molecule has 2 rings (SSSR count). The minimum atomic E-state index is 0.442. The van der Waals surface area contributed by atoms with Crippen LogP contribution < -0.4 is 5.32 Å². The average molecular weight is 249 g/mol. The standard InChI is InChI=1S/C15H27N3/c1-7-8-18-10-11(2)17-13(18)16-9-12-14(3,4)15(12,5)6/h10,12H,7-9H2,1-6H3,(H,16,17). The molecule has 0 saturated heterocycles. The summed E-state index contributed by atoms with van der Waals surface area (Å²) in [6.45, 7) is 15.8. The highest BCUT2D eigenvalue weighted by atomic mass is 15.2. The average Bonchev–Trinajstić information content (AvgIpc) is 2.56. The molecule has 0 aliphatic heterocycles. The van der Waals surface area contributed by atoms with Crippen LogP contribution in [0.1, 0.15) is 46.7 Å². The largest absolute Gasteiger partial charge is 0.355 e. The van der Waals surface area contributed by atoms with Gasteiger partial charge in [0, 0.05) is 19.3 Å². The highest BCUT2D eigenvalue weighted by molar-refractivity contribution is 5.30. The van der Waals surface area contributed by atoms with Crippen molar-refractivity contribution in [1.29, 1.82) is 0 Å². The van der Waals surface area contributed by atoms with Crippen molar-refractivity contribution in [2.75, 3.05) is 11.9 Å². The van der Waals surface area contributed by atoms with Crippen molar-refractivity contribution in [3.05, 3.63) is 11.9 Å². The van der Waals surface area contributed by atoms with E-state index in [0.29, 0.717) is 10.8 Å². The summed E-state index contributed by atoms with van der Waals surface area (Å²) < 4.78 is 2.23. The van der Waals surface area contributed by atoms with Crippen LogP contribution in [0.3, 0.4) is 0 Å². The van der Waals surface area contributed by atoms with Crippen LogP contribution in [0.2, 0.25) is 0 Å². The Labute approximate surface area is 111 Å². The lowest BCUT2D eigenvalue weighted by molar-refractivity contribution is 0.457. The summed E-state index contributed by atoms with van der Waals surface area (Å²) in [5.41, 5.74) is 1.98. The van der Waals surface area contributed by atoms with Crippen molar-refractivity contribution < 1.29 is 0 Å². The van der Waals surface area contributed by atoms with Gasteiger partial charge in [0.05, 0.1) is 5.69 Å². The van der Waals surface area contributed by atoms with E-state index in [-0.39, 0.29) is 0 Å². The van der Waals surface area contributed by atoms with Gasteiger partial charge in [-0.2, -0.15) is 0 Å². The second-order valence-corrected chi connectivity index (χ2v) is 6.78. The fourth-order valence-electron chi connectivity index (χ4n) is 3.14. The van der Waals surface area contributed by atoms with Gasteiger partial charge in [0.15, 0.2) is 0 Å². The second-order valence-electron chi connectivity index (χ2n) is 6.78. The first kappa shape index (κ1) is 13.4. The van der Waals surface area contributed by atoms with Crippen molar-refractivity contribution in [2.45, 2.75) is 54.5 Å². The van der Waals surface area contributed by atoms with E-state index in [4.69, 9.17) is 0 Å². The number of rotatable bonds is 5. The first-order valence-electron chi connectivity index (χ1n) is 7.08. The first-order chi connectivity index (χ1) is 8.30. The Morgan fingerprint density at radius 2 is 1.89 bits per heavy atom. The van der Waals surface area contributed by atoms with Gasteiger partial charge in [-0.25, -0.2) is 4.98 Å². The minimum Gasteiger partial charge on any atom is -0.355 e. The van der Waals surface area contributed by atoms with Gasteiger partial charge in [-0.3, -0.25) is 0 Å². The molecule has 1 aromatic heterocycles. The lowest BCUT2D eigenvalue weighted by Gasteiger charge is -2.09. The third kappa shape index (κ3) is 2.04. The van der Waals surface area contributed by atoms with Crippen LogP contribution in [0.25, 0.3) is 0 Å². The van der Waals surface area contributed by atoms with Crippen LogP contribution in [0.4, 0.5) is 5.95 Å². The zero-order valence-electron chi connectivity index (χ0n) is 12.7. The summed E-state index contributed by atoms with van der Waals surface area (Å²) >= 11 is 0. The summed E-state index contributed by atoms with van der Waals surface area (Å²) in [5.74, 6) is 1.77. The number of anilines is 1. The Morgan fingerprint density at radius 1 is 1.28 bits per heavy atom. The van der Waals surface area contributed by atoms with Crippen molar-refractivity contribution >= 4 is 5.95 Å². The van der Waals surface area contributed by atoms with Crippen LogP contribution in [-0.4, -0.2) is 16.1 Å². The highest BCUT2D eigenvalue weighted by Gasteiger charge is 2.64. The van der Waals surface area contributed by atoms with Gasteiger partial charge in [-0.15, -0.1) is 0 Å². The maximum absolute atomic E-state index is 4.58. The number of aromatic nitrogens is 2. The molecule has 1 aliphatic carbocycles. The predicted octanol–water partition coefficient (Wildman–Crippen LogP) is 3.70. The predicted molar refractivity (Wildman–Crippen MR) is 76.8 cm³/mol. The molecular weight excluding hydrogens is 222 g/mol. The van der Waals surface area contributed by atoms with Gasteiger partial charge in [0.25, 0.3) is 0 Å². The Bertz CT molecular complexity index is 415. The Hall–Kier alpha value is -0.990. The molecule has 0 amide bonds. The number of nitrogens with zero attached hydrogens (tertiary/aromatic N) is 2. The van der Waals surface area contributed by atoms with Crippen LogP contribution in [-0.2, 0) is 6.54 Å². The van der Waals surface area contributed by atoms with E-state index in [1.54, 1.807) is 0 Å². The molecule has 1 aliphatic rings. The highest BCUT2D eigenvalue weighted by Crippen LogP contribution is 2.68. The molecule has 1 N–H and O–H groups in total. The molecule has 1 fully saturated rings. The first-order valence-corrected chi connectivity index (χ1v) is 7.08. The molecule has 1 aromatic rings. The van der Waals surface area contributed by atoms with Crippen molar-refractivity contribution in [1.82, 2.24) is 9.55 Å². The second kappa shape index (κ2) is 4.29. The molecular formula is C15H27N3. The Kier molecular flexibility index (Phi) is 3.20. The van der Waals surface area contributed by atoms with Crippen LogP contribution in [0, 0.1) is 23.7 Å². The third-order valence-electron chi connectivity index (χ3n) is 5.15. The number of nitrogens with one attached hydrogen (secondary N) is 1. The monoisotopic (exact) mass is 249 g/mol. The van der Waals surface area contributed by atoms with Crippen molar-refractivity contribution in [2.24, 2.45) is 16.7 Å². The number of aryl methyl sites for hydroxylation is 2. The molecule has 3 nitrogen and oxygen atoms in total. The van der Waals surface area contributed by atoms with E-state index in [1.165, 1.54) is 0 Å². The summed E-state index contributed by atoms with van der Waals surface area (Å²) in [6, 6.07) is 0. The quantitative estimate of drug-likeness (QED) is 0.862. The van der Waals surface area contributed by atoms with Crippen LogP contribution >= 0.6 is 0 Å². The zero-order chi connectivity index (χ0) is 13.6. The van der Waals surface area contributed by atoms with E-state index in [1.807, 2.05) is 0 Å². The molecule has 0 atom stereocenters. The minimum absolute atomic E-state index is 0.442. The SMILES string of the molecule is CCCn1cc(C)nc1NCC1C(C)(C)C1(C)C. The Balaban J connectivity index is 1.99. The summed E-state index contributed by atoms with van der Waals surface area (Å²) in [7, 11) is 0.